The van der Waals surface area contributed by atoms with Crippen molar-refractivity contribution in [3.63, 3.8) is 0 Å². The molecule has 0 amide bonds. The molecule has 0 aromatic heterocycles. The van der Waals surface area contributed by atoms with E-state index < -0.39 is 17.0 Å². The summed E-state index contributed by atoms with van der Waals surface area (Å²) >= 11 is 0. The van der Waals surface area contributed by atoms with Crippen molar-refractivity contribution in [3.05, 3.63) is 10.1 Å². The molecule has 0 rings (SSSR count). The van der Waals surface area contributed by atoms with Crippen LogP contribution in [0, 0.1) is 10.1 Å². The van der Waals surface area contributed by atoms with Crippen LogP contribution in [0.3, 0.4) is 0 Å². The van der Waals surface area contributed by atoms with Gasteiger partial charge in [0, 0.05) is 11.3 Å². The number of aliphatic hydroxyl groups excluding tert-OH is 1. The van der Waals surface area contributed by atoms with Crippen LogP contribution in [0.15, 0.2) is 0 Å². The van der Waals surface area contributed by atoms with Gasteiger partial charge in [-0.3, -0.25) is 10.1 Å². The number of rotatable bonds is 5. The second kappa shape index (κ2) is 5.48. The lowest BCUT2D eigenvalue weighted by Crippen LogP contribution is -2.22. The maximum absolute atomic E-state index is 10.5. The van der Waals surface area contributed by atoms with E-state index >= 15 is 0 Å². The normalized spacial score (nSPS) is 12.2. The van der Waals surface area contributed by atoms with Gasteiger partial charge in [0.1, 0.15) is 0 Å². The van der Waals surface area contributed by atoms with Crippen LogP contribution in [0.5, 0.6) is 0 Å². The van der Waals surface area contributed by atoms with E-state index in [2.05, 4.69) is 4.74 Å². The summed E-state index contributed by atoms with van der Waals surface area (Å²) < 4.78 is 4.21. The second-order valence-electron chi connectivity index (χ2n) is 2.24. The number of esters is 1. The molecule has 1 N–H and O–H groups in total. The Morgan fingerprint density at radius 1 is 1.75 bits per heavy atom. The van der Waals surface area contributed by atoms with Crippen molar-refractivity contribution in [2.45, 2.75) is 18.9 Å². The summed E-state index contributed by atoms with van der Waals surface area (Å²) in [6, 6.07) is 0. The van der Waals surface area contributed by atoms with E-state index in [4.69, 9.17) is 5.11 Å². The van der Waals surface area contributed by atoms with Crippen molar-refractivity contribution in [1.29, 1.82) is 0 Å². The van der Waals surface area contributed by atoms with Crippen LogP contribution in [0.1, 0.15) is 12.8 Å². The summed E-state index contributed by atoms with van der Waals surface area (Å²) in [6.07, 6.45) is -1.01. The minimum Gasteiger partial charge on any atom is -0.467 e. The fourth-order valence-electron chi connectivity index (χ4n) is 0.668. The molecule has 12 heavy (non-hydrogen) atoms. The van der Waals surface area contributed by atoms with Gasteiger partial charge < -0.3 is 9.84 Å². The van der Waals surface area contributed by atoms with Crippen LogP contribution in [-0.2, 0) is 9.53 Å². The van der Waals surface area contributed by atoms with Gasteiger partial charge in [-0.2, -0.15) is 0 Å². The number of aliphatic hydroxyl groups is 1. The van der Waals surface area contributed by atoms with Crippen molar-refractivity contribution < 1.29 is 19.6 Å². The van der Waals surface area contributed by atoms with Gasteiger partial charge >= 0.3 is 5.97 Å². The molecule has 1 unspecified atom stereocenters. The maximum atomic E-state index is 10.5. The third kappa shape index (κ3) is 4.62. The minimum atomic E-state index is -1.24. The fourth-order valence-corrected chi connectivity index (χ4v) is 0.668. The number of nitrogens with zero attached hydrogens (tertiary/aromatic N) is 1. The molecule has 70 valence electrons. The van der Waals surface area contributed by atoms with E-state index in [1.165, 1.54) is 0 Å². The van der Waals surface area contributed by atoms with Crippen LogP contribution in [-0.4, -0.2) is 35.8 Å². The number of nitro groups is 1. The molecule has 0 spiro atoms. The highest BCUT2D eigenvalue weighted by atomic mass is 16.6. The van der Waals surface area contributed by atoms with E-state index in [0.717, 1.165) is 7.11 Å². The molecule has 1 atom stereocenters. The van der Waals surface area contributed by atoms with E-state index in [1.54, 1.807) is 0 Å². The van der Waals surface area contributed by atoms with Crippen molar-refractivity contribution in [3.8, 4) is 0 Å². The van der Waals surface area contributed by atoms with Gasteiger partial charge in [0.25, 0.3) is 0 Å². The Morgan fingerprint density at radius 3 is 2.75 bits per heavy atom. The summed E-state index contributed by atoms with van der Waals surface area (Å²) in [5.41, 5.74) is 0. The molecular weight excluding hydrogens is 166 g/mol. The first-order valence-electron chi connectivity index (χ1n) is 3.45. The lowest BCUT2D eigenvalue weighted by Gasteiger charge is -2.05. The van der Waals surface area contributed by atoms with Crippen LogP contribution < -0.4 is 0 Å². The molecule has 0 aliphatic carbocycles. The smallest absolute Gasteiger partial charge is 0.334 e. The van der Waals surface area contributed by atoms with Crippen molar-refractivity contribution in [2.75, 3.05) is 13.7 Å². The Bertz CT molecular complexity index is 169. The van der Waals surface area contributed by atoms with Crippen LogP contribution in [0.4, 0.5) is 0 Å². The van der Waals surface area contributed by atoms with E-state index in [9.17, 15) is 14.9 Å². The van der Waals surface area contributed by atoms with Gasteiger partial charge in [-0.25, -0.2) is 4.79 Å². The Morgan fingerprint density at radius 2 is 2.33 bits per heavy atom. The van der Waals surface area contributed by atoms with Crippen LogP contribution in [0.2, 0.25) is 0 Å². The van der Waals surface area contributed by atoms with Gasteiger partial charge in [-0.15, -0.1) is 0 Å². The van der Waals surface area contributed by atoms with Crippen molar-refractivity contribution in [2.24, 2.45) is 0 Å². The Balaban J connectivity index is 3.50. The number of hydrogen-bond donors (Lipinski definition) is 1. The fraction of sp³-hybridized carbons (Fsp3) is 0.833. The second-order valence-corrected chi connectivity index (χ2v) is 2.24. The largest absolute Gasteiger partial charge is 0.467 e. The third-order valence-electron chi connectivity index (χ3n) is 1.29. The molecule has 0 aliphatic heterocycles. The van der Waals surface area contributed by atoms with E-state index in [1.807, 2.05) is 0 Å². The lowest BCUT2D eigenvalue weighted by atomic mass is 10.2. The molecule has 6 heteroatoms. The van der Waals surface area contributed by atoms with Crippen molar-refractivity contribution >= 4 is 5.97 Å². The first-order chi connectivity index (χ1) is 5.57. The molecule has 0 heterocycles. The van der Waals surface area contributed by atoms with Gasteiger partial charge in [0.2, 0.25) is 6.54 Å². The number of carbonyl (C=O) groups is 1. The highest BCUT2D eigenvalue weighted by Crippen LogP contribution is 1.98. The molecule has 0 aliphatic rings. The SMILES string of the molecule is COC(=O)C(O)CCC[N+](=O)[O-]. The van der Waals surface area contributed by atoms with Crippen LogP contribution >= 0.6 is 0 Å². The standard InChI is InChI=1S/C6H11NO5/c1-12-6(9)5(8)3-2-4-7(10)11/h5,8H,2-4H2,1H3. The number of carbonyl (C=O) groups excluding carboxylic acids is 1. The van der Waals surface area contributed by atoms with Crippen LogP contribution in [0.25, 0.3) is 0 Å². The first kappa shape index (κ1) is 10.8. The Labute approximate surface area is 69.3 Å². The molecule has 0 aromatic carbocycles. The van der Waals surface area contributed by atoms with Gasteiger partial charge in [-0.1, -0.05) is 0 Å². The lowest BCUT2D eigenvalue weighted by molar-refractivity contribution is -0.480. The van der Waals surface area contributed by atoms with Crippen molar-refractivity contribution in [1.82, 2.24) is 0 Å². The zero-order valence-corrected chi connectivity index (χ0v) is 6.73. The van der Waals surface area contributed by atoms with E-state index in [0.29, 0.717) is 0 Å². The summed E-state index contributed by atoms with van der Waals surface area (Å²) in [6.45, 7) is -0.242. The predicted octanol–water partition coefficient (Wildman–Crippen LogP) is -0.423. The molecule has 0 fully saturated rings. The van der Waals surface area contributed by atoms with Gasteiger partial charge in [-0.05, 0) is 6.42 Å². The van der Waals surface area contributed by atoms with Gasteiger partial charge in [0.05, 0.1) is 7.11 Å². The topological polar surface area (TPSA) is 89.7 Å². The quantitative estimate of drug-likeness (QED) is 0.350. The highest BCUT2D eigenvalue weighted by molar-refractivity contribution is 5.74. The summed E-state index contributed by atoms with van der Waals surface area (Å²) in [5.74, 6) is -0.752. The highest BCUT2D eigenvalue weighted by Gasteiger charge is 2.15. The monoisotopic (exact) mass is 177 g/mol. The zero-order valence-electron chi connectivity index (χ0n) is 6.73. The molecular formula is C6H11NO5. The molecule has 6 nitrogen and oxygen atoms in total. The Kier molecular flexibility index (Phi) is 4.94. The minimum absolute atomic E-state index is 0.0631. The zero-order chi connectivity index (χ0) is 9.56. The van der Waals surface area contributed by atoms with E-state index in [-0.39, 0.29) is 19.4 Å². The molecule has 0 saturated carbocycles. The first-order valence-corrected chi connectivity index (χ1v) is 3.45. The van der Waals surface area contributed by atoms with Gasteiger partial charge in [0.15, 0.2) is 6.10 Å². The average Bonchev–Trinajstić information content (AvgIpc) is 2.02. The summed E-state index contributed by atoms with van der Waals surface area (Å²) in [4.78, 5) is 19.9. The summed E-state index contributed by atoms with van der Waals surface area (Å²) in [7, 11) is 1.15. The Hall–Kier alpha value is -1.17. The summed E-state index contributed by atoms with van der Waals surface area (Å²) in [5, 5.41) is 18.8. The predicted molar refractivity (Wildman–Crippen MR) is 39.1 cm³/mol. The number of ether oxygens (including phenoxy) is 1. The molecule has 0 aromatic rings. The molecule has 0 bridgehead atoms. The molecule has 0 saturated heterocycles. The third-order valence-corrected chi connectivity index (χ3v) is 1.29. The molecule has 0 radical (unpaired) electrons. The average molecular weight is 177 g/mol. The maximum Gasteiger partial charge on any atom is 0.334 e. The number of methoxy groups -OCH3 is 1. The number of hydrogen-bond acceptors (Lipinski definition) is 5.